The average molecular weight is 284 g/mol. The van der Waals surface area contributed by atoms with Crippen molar-refractivity contribution in [1.29, 1.82) is 0 Å². The van der Waals surface area contributed by atoms with Gasteiger partial charge in [0.05, 0.1) is 5.02 Å². The number of hydrogen-bond donors (Lipinski definition) is 1. The van der Waals surface area contributed by atoms with Crippen molar-refractivity contribution in [2.24, 2.45) is 23.5 Å². The van der Waals surface area contributed by atoms with Gasteiger partial charge in [0, 0.05) is 6.04 Å². The summed E-state index contributed by atoms with van der Waals surface area (Å²) >= 11 is 6.04. The average Bonchev–Trinajstić information content (AvgIpc) is 2.37. The van der Waals surface area contributed by atoms with Gasteiger partial charge in [0.25, 0.3) is 0 Å². The Kier molecular flexibility index (Phi) is 4.86. The van der Waals surface area contributed by atoms with E-state index in [1.165, 1.54) is 12.5 Å². The van der Waals surface area contributed by atoms with Crippen LogP contribution in [0.25, 0.3) is 0 Å². The van der Waals surface area contributed by atoms with E-state index < -0.39 is 0 Å². The molecule has 0 heterocycles. The maximum absolute atomic E-state index is 13.5. The zero-order valence-corrected chi connectivity index (χ0v) is 12.5. The van der Waals surface area contributed by atoms with Crippen LogP contribution in [0.4, 0.5) is 4.39 Å². The summed E-state index contributed by atoms with van der Waals surface area (Å²) < 4.78 is 13.5. The molecule has 3 heteroatoms. The van der Waals surface area contributed by atoms with Crippen LogP contribution in [-0.2, 0) is 6.42 Å². The molecule has 1 aromatic carbocycles. The van der Waals surface area contributed by atoms with Gasteiger partial charge < -0.3 is 5.73 Å². The SMILES string of the molecule is CC(C)C1CCC(N)C(Cc2cccc(F)c2Cl)C1. The Bertz CT molecular complexity index is 433. The molecule has 1 saturated carbocycles. The van der Waals surface area contributed by atoms with Crippen molar-refractivity contribution < 1.29 is 4.39 Å². The molecule has 3 unspecified atom stereocenters. The molecule has 1 fully saturated rings. The quantitative estimate of drug-likeness (QED) is 0.873. The van der Waals surface area contributed by atoms with Gasteiger partial charge in [-0.15, -0.1) is 0 Å². The zero-order valence-electron chi connectivity index (χ0n) is 11.7. The highest BCUT2D eigenvalue weighted by molar-refractivity contribution is 6.31. The number of benzene rings is 1. The van der Waals surface area contributed by atoms with E-state index in [-0.39, 0.29) is 16.9 Å². The molecule has 0 aromatic heterocycles. The Labute approximate surface area is 120 Å². The molecule has 1 aromatic rings. The third kappa shape index (κ3) is 3.49. The van der Waals surface area contributed by atoms with Crippen LogP contribution in [0, 0.1) is 23.6 Å². The predicted molar refractivity (Wildman–Crippen MR) is 78.8 cm³/mol. The first kappa shape index (κ1) is 14.8. The van der Waals surface area contributed by atoms with Crippen molar-refractivity contribution in [3.8, 4) is 0 Å². The molecule has 0 aliphatic heterocycles. The third-order valence-electron chi connectivity index (χ3n) is 4.54. The van der Waals surface area contributed by atoms with Gasteiger partial charge in [-0.2, -0.15) is 0 Å². The Morgan fingerprint density at radius 2 is 2.11 bits per heavy atom. The molecule has 0 bridgehead atoms. The first-order chi connectivity index (χ1) is 8.99. The fourth-order valence-corrected chi connectivity index (χ4v) is 3.36. The smallest absolute Gasteiger partial charge is 0.142 e. The maximum atomic E-state index is 13.5. The molecular formula is C16H23ClFN. The fourth-order valence-electron chi connectivity index (χ4n) is 3.15. The van der Waals surface area contributed by atoms with Crippen molar-refractivity contribution in [2.45, 2.75) is 45.6 Å². The van der Waals surface area contributed by atoms with Gasteiger partial charge in [-0.3, -0.25) is 0 Å². The highest BCUT2D eigenvalue weighted by Crippen LogP contribution is 2.36. The van der Waals surface area contributed by atoms with E-state index >= 15 is 0 Å². The molecule has 1 nitrogen and oxygen atoms in total. The van der Waals surface area contributed by atoms with E-state index in [9.17, 15) is 4.39 Å². The van der Waals surface area contributed by atoms with Crippen LogP contribution in [0.2, 0.25) is 5.02 Å². The van der Waals surface area contributed by atoms with Crippen molar-refractivity contribution in [1.82, 2.24) is 0 Å². The lowest BCUT2D eigenvalue weighted by Gasteiger charge is -2.36. The molecule has 1 aliphatic rings. The van der Waals surface area contributed by atoms with Crippen LogP contribution < -0.4 is 5.73 Å². The minimum Gasteiger partial charge on any atom is -0.327 e. The van der Waals surface area contributed by atoms with E-state index in [4.69, 9.17) is 17.3 Å². The lowest BCUT2D eigenvalue weighted by molar-refractivity contribution is 0.189. The summed E-state index contributed by atoms with van der Waals surface area (Å²) in [5.41, 5.74) is 7.14. The molecular weight excluding hydrogens is 261 g/mol. The first-order valence-electron chi connectivity index (χ1n) is 7.17. The maximum Gasteiger partial charge on any atom is 0.142 e. The minimum absolute atomic E-state index is 0.217. The van der Waals surface area contributed by atoms with Gasteiger partial charge in [-0.05, 0) is 55.1 Å². The van der Waals surface area contributed by atoms with Gasteiger partial charge in [0.15, 0.2) is 0 Å². The number of rotatable bonds is 3. The van der Waals surface area contributed by atoms with Gasteiger partial charge in [-0.1, -0.05) is 37.6 Å². The molecule has 0 amide bonds. The molecule has 3 atom stereocenters. The van der Waals surface area contributed by atoms with Crippen LogP contribution in [0.1, 0.15) is 38.7 Å². The van der Waals surface area contributed by atoms with E-state index in [2.05, 4.69) is 13.8 Å². The summed E-state index contributed by atoms with van der Waals surface area (Å²) in [6.07, 6.45) is 4.21. The second kappa shape index (κ2) is 6.23. The Hall–Kier alpha value is -0.600. The largest absolute Gasteiger partial charge is 0.327 e. The van der Waals surface area contributed by atoms with Crippen LogP contribution >= 0.6 is 11.6 Å². The van der Waals surface area contributed by atoms with Crippen molar-refractivity contribution >= 4 is 11.6 Å². The standard InChI is InChI=1S/C16H23ClFN/c1-10(2)11-6-7-15(19)13(8-11)9-12-4-3-5-14(18)16(12)17/h3-5,10-11,13,15H,6-9,19H2,1-2H3. The first-order valence-corrected chi connectivity index (χ1v) is 7.55. The summed E-state index contributed by atoms with van der Waals surface area (Å²) in [5.74, 6) is 1.51. The summed E-state index contributed by atoms with van der Waals surface area (Å²) in [6, 6.07) is 5.26. The van der Waals surface area contributed by atoms with E-state index in [0.717, 1.165) is 30.7 Å². The number of nitrogens with two attached hydrogens (primary N) is 1. The van der Waals surface area contributed by atoms with Gasteiger partial charge >= 0.3 is 0 Å². The second-order valence-electron chi connectivity index (χ2n) is 6.16. The fraction of sp³-hybridized carbons (Fsp3) is 0.625. The lowest BCUT2D eigenvalue weighted by atomic mass is 9.72. The van der Waals surface area contributed by atoms with Crippen LogP contribution in [0.3, 0.4) is 0 Å². The van der Waals surface area contributed by atoms with Crippen LogP contribution in [0.5, 0.6) is 0 Å². The summed E-state index contributed by atoms with van der Waals surface area (Å²) in [4.78, 5) is 0. The van der Waals surface area contributed by atoms with Gasteiger partial charge in [0.1, 0.15) is 5.82 Å². The summed E-state index contributed by atoms with van der Waals surface area (Å²) in [6.45, 7) is 4.54. The second-order valence-corrected chi connectivity index (χ2v) is 6.54. The monoisotopic (exact) mass is 283 g/mol. The molecule has 1 aliphatic carbocycles. The Morgan fingerprint density at radius 1 is 1.37 bits per heavy atom. The number of halogens is 2. The van der Waals surface area contributed by atoms with E-state index in [1.54, 1.807) is 6.07 Å². The van der Waals surface area contributed by atoms with Crippen molar-refractivity contribution in [3.05, 3.63) is 34.6 Å². The summed E-state index contributed by atoms with van der Waals surface area (Å²) in [7, 11) is 0. The van der Waals surface area contributed by atoms with E-state index in [1.807, 2.05) is 6.07 Å². The lowest BCUT2D eigenvalue weighted by Crippen LogP contribution is -2.38. The van der Waals surface area contributed by atoms with Crippen molar-refractivity contribution in [3.63, 3.8) is 0 Å². The normalized spacial score (nSPS) is 27.8. The van der Waals surface area contributed by atoms with Crippen molar-refractivity contribution in [2.75, 3.05) is 0 Å². The minimum atomic E-state index is -0.330. The highest BCUT2D eigenvalue weighted by atomic mass is 35.5. The molecule has 106 valence electrons. The zero-order chi connectivity index (χ0) is 14.0. The van der Waals surface area contributed by atoms with Crippen LogP contribution in [0.15, 0.2) is 18.2 Å². The topological polar surface area (TPSA) is 26.0 Å². The third-order valence-corrected chi connectivity index (χ3v) is 4.96. The molecule has 19 heavy (non-hydrogen) atoms. The van der Waals surface area contributed by atoms with Gasteiger partial charge in [-0.25, -0.2) is 4.39 Å². The number of hydrogen-bond acceptors (Lipinski definition) is 1. The molecule has 0 radical (unpaired) electrons. The van der Waals surface area contributed by atoms with Gasteiger partial charge in [0.2, 0.25) is 0 Å². The Morgan fingerprint density at radius 3 is 2.79 bits per heavy atom. The molecule has 2 rings (SSSR count). The molecule has 2 N–H and O–H groups in total. The summed E-state index contributed by atoms with van der Waals surface area (Å²) in [5, 5.41) is 0.265. The molecule has 0 saturated heterocycles. The van der Waals surface area contributed by atoms with E-state index in [0.29, 0.717) is 11.8 Å². The Balaban J connectivity index is 2.10. The molecule has 0 spiro atoms. The van der Waals surface area contributed by atoms with Crippen LogP contribution in [-0.4, -0.2) is 6.04 Å². The highest BCUT2D eigenvalue weighted by Gasteiger charge is 2.30. The predicted octanol–water partition coefficient (Wildman–Crippen LogP) is 4.42.